The summed E-state index contributed by atoms with van der Waals surface area (Å²) in [4.78, 5) is 28.1. The predicted molar refractivity (Wildman–Crippen MR) is 111 cm³/mol. The van der Waals surface area contributed by atoms with E-state index in [4.69, 9.17) is 0 Å². The highest BCUT2D eigenvalue weighted by Gasteiger charge is 2.15. The van der Waals surface area contributed by atoms with E-state index in [0.717, 1.165) is 23.9 Å². The van der Waals surface area contributed by atoms with E-state index in [2.05, 4.69) is 4.98 Å². The van der Waals surface area contributed by atoms with Gasteiger partial charge < -0.3 is 5.11 Å². The minimum atomic E-state index is -1.14. The lowest BCUT2D eigenvalue weighted by Crippen LogP contribution is -2.01. The Morgan fingerprint density at radius 1 is 1.03 bits per heavy atom. The number of aromatic nitrogens is 1. The number of carbonyl (C=O) groups is 2. The Labute approximate surface area is 174 Å². The second-order valence-electron chi connectivity index (χ2n) is 5.87. The Morgan fingerprint density at radius 3 is 2.55 bits per heavy atom. The second kappa shape index (κ2) is 9.67. The summed E-state index contributed by atoms with van der Waals surface area (Å²) in [5.74, 6) is -1.59. The van der Waals surface area contributed by atoms with Crippen molar-refractivity contribution in [2.24, 2.45) is 0 Å². The van der Waals surface area contributed by atoms with Gasteiger partial charge in [0.2, 0.25) is 5.12 Å². The Kier molecular flexibility index (Phi) is 7.00. The van der Waals surface area contributed by atoms with Crippen molar-refractivity contribution >= 4 is 34.6 Å². The van der Waals surface area contributed by atoms with Crippen LogP contribution in [-0.4, -0.2) is 32.7 Å². The van der Waals surface area contributed by atoms with Crippen LogP contribution in [0.15, 0.2) is 65.8 Å². The molecule has 0 aliphatic rings. The second-order valence-corrected chi connectivity index (χ2v) is 8.07. The van der Waals surface area contributed by atoms with Gasteiger partial charge in [0.1, 0.15) is 11.6 Å². The van der Waals surface area contributed by atoms with Gasteiger partial charge in [0, 0.05) is 46.0 Å². The van der Waals surface area contributed by atoms with Crippen LogP contribution in [0, 0.1) is 11.6 Å². The summed E-state index contributed by atoms with van der Waals surface area (Å²) in [6, 6.07) is 11.1. The van der Waals surface area contributed by atoms with Gasteiger partial charge in [-0.25, -0.2) is 13.6 Å². The van der Waals surface area contributed by atoms with E-state index in [0.29, 0.717) is 27.5 Å². The molecule has 0 bridgehead atoms. The van der Waals surface area contributed by atoms with Crippen LogP contribution in [0.2, 0.25) is 0 Å². The molecular weight excluding hydrogens is 416 g/mol. The van der Waals surface area contributed by atoms with Crippen LogP contribution in [0.4, 0.5) is 8.78 Å². The van der Waals surface area contributed by atoms with Crippen molar-refractivity contribution in [1.29, 1.82) is 0 Å². The predicted octanol–water partition coefficient (Wildman–Crippen LogP) is 5.39. The summed E-state index contributed by atoms with van der Waals surface area (Å²) in [6.07, 6.45) is 3.09. The maximum absolute atomic E-state index is 14.0. The van der Waals surface area contributed by atoms with Gasteiger partial charge >= 0.3 is 5.97 Å². The summed E-state index contributed by atoms with van der Waals surface area (Å²) >= 11 is 2.43. The number of nitrogens with zero attached hydrogens (tertiary/aromatic N) is 1. The van der Waals surface area contributed by atoms with Crippen LogP contribution >= 0.6 is 23.5 Å². The van der Waals surface area contributed by atoms with Crippen LogP contribution < -0.4 is 0 Å². The van der Waals surface area contributed by atoms with Crippen molar-refractivity contribution in [2.45, 2.75) is 4.90 Å². The minimum absolute atomic E-state index is 0.0276. The number of thioether (sulfide) groups is 2. The van der Waals surface area contributed by atoms with Crippen molar-refractivity contribution in [3.8, 4) is 11.1 Å². The van der Waals surface area contributed by atoms with Gasteiger partial charge in [-0.05, 0) is 42.0 Å². The number of pyridine rings is 1. The number of aromatic carboxylic acids is 1. The molecule has 0 radical (unpaired) electrons. The molecule has 1 heterocycles. The molecule has 1 N–H and O–H groups in total. The van der Waals surface area contributed by atoms with E-state index in [1.165, 1.54) is 30.1 Å². The van der Waals surface area contributed by atoms with Crippen LogP contribution in [0.3, 0.4) is 0 Å². The molecule has 3 aromatic rings. The zero-order chi connectivity index (χ0) is 20.8. The van der Waals surface area contributed by atoms with Crippen molar-refractivity contribution in [3.05, 3.63) is 83.7 Å². The topological polar surface area (TPSA) is 67.3 Å². The fourth-order valence-corrected chi connectivity index (χ4v) is 4.39. The molecule has 0 atom stereocenters. The van der Waals surface area contributed by atoms with E-state index in [-0.39, 0.29) is 16.2 Å². The number of hydrogen-bond donors (Lipinski definition) is 1. The van der Waals surface area contributed by atoms with Crippen molar-refractivity contribution < 1.29 is 23.5 Å². The molecule has 0 saturated carbocycles. The summed E-state index contributed by atoms with van der Waals surface area (Å²) in [5, 5.41) is 9.41. The highest BCUT2D eigenvalue weighted by Crippen LogP contribution is 2.30. The molecule has 0 unspecified atom stereocenters. The fraction of sp³-hybridized carbons (Fsp3) is 0.0952. The molecule has 8 heteroatoms. The zero-order valence-electron chi connectivity index (χ0n) is 15.0. The summed E-state index contributed by atoms with van der Waals surface area (Å²) in [7, 11) is 0. The number of benzene rings is 2. The smallest absolute Gasteiger partial charge is 0.336 e. The summed E-state index contributed by atoms with van der Waals surface area (Å²) in [6.45, 7) is 0. The van der Waals surface area contributed by atoms with Crippen LogP contribution in [0.1, 0.15) is 20.7 Å². The molecule has 0 spiro atoms. The number of carboxylic acid groups (broad SMARTS) is 1. The molecule has 0 fully saturated rings. The number of hydrogen-bond acceptors (Lipinski definition) is 5. The third-order valence-electron chi connectivity index (χ3n) is 3.92. The molecule has 148 valence electrons. The normalized spacial score (nSPS) is 10.7. The maximum atomic E-state index is 14.0. The molecule has 1 aromatic heterocycles. The molecule has 0 saturated heterocycles. The van der Waals surface area contributed by atoms with E-state index < -0.39 is 17.6 Å². The largest absolute Gasteiger partial charge is 0.478 e. The third kappa shape index (κ3) is 5.42. The monoisotopic (exact) mass is 431 g/mol. The Morgan fingerprint density at radius 2 is 1.86 bits per heavy atom. The average Bonchev–Trinajstić information content (AvgIpc) is 2.72. The van der Waals surface area contributed by atoms with Crippen molar-refractivity contribution in [3.63, 3.8) is 0 Å². The van der Waals surface area contributed by atoms with E-state index in [1.807, 2.05) is 0 Å². The molecule has 29 heavy (non-hydrogen) atoms. The van der Waals surface area contributed by atoms with E-state index >= 15 is 0 Å². The molecular formula is C21H15F2NO3S2. The first-order valence-electron chi connectivity index (χ1n) is 8.48. The van der Waals surface area contributed by atoms with Gasteiger partial charge in [0.05, 0.1) is 5.56 Å². The van der Waals surface area contributed by atoms with Gasteiger partial charge in [-0.3, -0.25) is 9.78 Å². The fourth-order valence-electron chi connectivity index (χ4n) is 2.57. The number of carboxylic acids is 1. The van der Waals surface area contributed by atoms with Crippen LogP contribution in [0.25, 0.3) is 11.1 Å². The van der Waals surface area contributed by atoms with Gasteiger partial charge in [-0.1, -0.05) is 17.8 Å². The molecule has 0 aliphatic carbocycles. The number of carbonyl (C=O) groups excluding carboxylic acids is 1. The molecule has 0 amide bonds. The Balaban J connectivity index is 1.68. The SMILES string of the molecule is O=C(SCCSc1ccc(-c2ccc(F)cc2F)cc1C(=O)O)c1cccnc1. The maximum Gasteiger partial charge on any atom is 0.336 e. The first-order chi connectivity index (χ1) is 14.0. The quantitative estimate of drug-likeness (QED) is 0.400. The van der Waals surface area contributed by atoms with Crippen LogP contribution in [0.5, 0.6) is 0 Å². The van der Waals surface area contributed by atoms with Crippen LogP contribution in [-0.2, 0) is 0 Å². The van der Waals surface area contributed by atoms with Gasteiger partial charge in [0.25, 0.3) is 0 Å². The summed E-state index contributed by atoms with van der Waals surface area (Å²) < 4.78 is 27.1. The first-order valence-corrected chi connectivity index (χ1v) is 10.5. The molecule has 4 nitrogen and oxygen atoms in total. The van der Waals surface area contributed by atoms with E-state index in [9.17, 15) is 23.5 Å². The van der Waals surface area contributed by atoms with Gasteiger partial charge in [-0.15, -0.1) is 11.8 Å². The number of rotatable bonds is 7. The lowest BCUT2D eigenvalue weighted by atomic mass is 10.0. The standard InChI is InChI=1S/C21H15F2NO3S2/c22-15-4-5-16(18(23)11-15)13-3-6-19(17(10-13)20(25)26)28-8-9-29-21(27)14-2-1-7-24-12-14/h1-7,10-12H,8-9H2,(H,25,26). The molecule has 3 rings (SSSR count). The zero-order valence-corrected chi connectivity index (χ0v) is 16.6. The van der Waals surface area contributed by atoms with Crippen molar-refractivity contribution in [2.75, 3.05) is 11.5 Å². The van der Waals surface area contributed by atoms with Gasteiger partial charge in [-0.2, -0.15) is 0 Å². The number of halogens is 2. The van der Waals surface area contributed by atoms with Gasteiger partial charge in [0.15, 0.2) is 0 Å². The molecule has 2 aromatic carbocycles. The van der Waals surface area contributed by atoms with Crippen molar-refractivity contribution in [1.82, 2.24) is 4.98 Å². The lowest BCUT2D eigenvalue weighted by molar-refractivity contribution is 0.0693. The Bertz CT molecular complexity index is 1050. The highest BCUT2D eigenvalue weighted by atomic mass is 32.2. The lowest BCUT2D eigenvalue weighted by Gasteiger charge is -2.10. The first kappa shape index (κ1) is 21.0. The third-order valence-corrected chi connectivity index (χ3v) is 6.16. The summed E-state index contributed by atoms with van der Waals surface area (Å²) in [5.41, 5.74) is 1.02. The minimum Gasteiger partial charge on any atom is -0.478 e. The van der Waals surface area contributed by atoms with E-state index in [1.54, 1.807) is 30.5 Å². The average molecular weight is 431 g/mol. The molecule has 0 aliphatic heterocycles. The highest BCUT2D eigenvalue weighted by molar-refractivity contribution is 8.14. The Hall–Kier alpha value is -2.71.